The summed E-state index contributed by atoms with van der Waals surface area (Å²) in [5, 5.41) is 2.73. The SMILES string of the molecule is COc1ccc(NS(=O)(=O)c2cc(NC(=O)C=Cc3ccco3)ccc2N2CCCCC2)cc1. The van der Waals surface area contributed by atoms with Crippen LogP contribution in [0.2, 0.25) is 0 Å². The van der Waals surface area contributed by atoms with Gasteiger partial charge in [-0.15, -0.1) is 0 Å². The minimum Gasteiger partial charge on any atom is -0.497 e. The fraction of sp³-hybridized carbons (Fsp3) is 0.240. The Kier molecular flexibility index (Phi) is 7.22. The van der Waals surface area contributed by atoms with E-state index in [0.29, 0.717) is 28.6 Å². The average molecular weight is 482 g/mol. The van der Waals surface area contributed by atoms with E-state index < -0.39 is 15.9 Å². The molecule has 1 saturated heterocycles. The van der Waals surface area contributed by atoms with Crippen LogP contribution in [-0.2, 0) is 14.8 Å². The Morgan fingerprint density at radius 3 is 2.44 bits per heavy atom. The molecule has 1 amide bonds. The summed E-state index contributed by atoms with van der Waals surface area (Å²) in [6, 6.07) is 15.1. The van der Waals surface area contributed by atoms with Crippen LogP contribution >= 0.6 is 0 Å². The lowest BCUT2D eigenvalue weighted by Crippen LogP contribution is -2.31. The Morgan fingerprint density at radius 2 is 1.76 bits per heavy atom. The summed E-state index contributed by atoms with van der Waals surface area (Å²) in [6.45, 7) is 1.56. The molecular weight excluding hydrogens is 454 g/mol. The number of methoxy groups -OCH3 is 1. The van der Waals surface area contributed by atoms with Gasteiger partial charge in [0.2, 0.25) is 5.91 Å². The van der Waals surface area contributed by atoms with Gasteiger partial charge in [0.15, 0.2) is 0 Å². The number of carbonyl (C=O) groups is 1. The number of anilines is 3. The zero-order valence-electron chi connectivity index (χ0n) is 18.9. The van der Waals surface area contributed by atoms with Crippen LogP contribution in [0.5, 0.6) is 5.75 Å². The van der Waals surface area contributed by atoms with Gasteiger partial charge in [-0.05, 0) is 79.9 Å². The maximum Gasteiger partial charge on any atom is 0.264 e. The minimum absolute atomic E-state index is 0.109. The Labute approximate surface area is 199 Å². The monoisotopic (exact) mass is 481 g/mol. The van der Waals surface area contributed by atoms with Crippen molar-refractivity contribution in [3.63, 3.8) is 0 Å². The number of hydrogen-bond acceptors (Lipinski definition) is 6. The summed E-state index contributed by atoms with van der Waals surface area (Å²) in [6.07, 6.45) is 7.52. The second-order valence-corrected chi connectivity index (χ2v) is 9.55. The molecule has 1 aliphatic heterocycles. The number of sulfonamides is 1. The van der Waals surface area contributed by atoms with E-state index in [9.17, 15) is 13.2 Å². The highest BCUT2D eigenvalue weighted by Crippen LogP contribution is 2.32. The number of piperidine rings is 1. The fourth-order valence-electron chi connectivity index (χ4n) is 3.80. The van der Waals surface area contributed by atoms with Crippen molar-refractivity contribution >= 4 is 39.1 Å². The third-order valence-corrected chi connectivity index (χ3v) is 6.91. The van der Waals surface area contributed by atoms with Crippen molar-refractivity contribution in [3.8, 4) is 5.75 Å². The average Bonchev–Trinajstić information content (AvgIpc) is 3.37. The number of benzene rings is 2. The molecule has 0 atom stereocenters. The van der Waals surface area contributed by atoms with E-state index >= 15 is 0 Å². The van der Waals surface area contributed by atoms with Crippen LogP contribution in [0.3, 0.4) is 0 Å². The molecule has 1 aromatic heterocycles. The summed E-state index contributed by atoms with van der Waals surface area (Å²) in [5.41, 5.74) is 1.41. The van der Waals surface area contributed by atoms with Gasteiger partial charge >= 0.3 is 0 Å². The number of rotatable bonds is 8. The van der Waals surface area contributed by atoms with Crippen LogP contribution in [0, 0.1) is 0 Å². The lowest BCUT2D eigenvalue weighted by molar-refractivity contribution is -0.111. The molecule has 0 saturated carbocycles. The molecule has 34 heavy (non-hydrogen) atoms. The second-order valence-electron chi connectivity index (χ2n) is 7.90. The van der Waals surface area contributed by atoms with Crippen molar-refractivity contribution in [2.75, 3.05) is 35.1 Å². The topological polar surface area (TPSA) is 101 Å². The predicted octanol–water partition coefficient (Wildman–Crippen LogP) is 4.73. The lowest BCUT2D eigenvalue weighted by Gasteiger charge is -2.30. The highest BCUT2D eigenvalue weighted by atomic mass is 32.2. The summed E-state index contributed by atoms with van der Waals surface area (Å²) in [7, 11) is -2.39. The van der Waals surface area contributed by atoms with Crippen LogP contribution in [-0.4, -0.2) is 34.5 Å². The van der Waals surface area contributed by atoms with E-state index in [1.165, 1.54) is 18.4 Å². The van der Waals surface area contributed by atoms with Crippen molar-refractivity contribution < 1.29 is 22.4 Å². The normalized spacial score (nSPS) is 14.2. The zero-order valence-corrected chi connectivity index (χ0v) is 19.7. The molecular formula is C25H27N3O5S. The van der Waals surface area contributed by atoms with Gasteiger partial charge in [0.25, 0.3) is 10.0 Å². The van der Waals surface area contributed by atoms with Gasteiger partial charge in [-0.25, -0.2) is 8.42 Å². The predicted molar refractivity (Wildman–Crippen MR) is 133 cm³/mol. The van der Waals surface area contributed by atoms with Crippen LogP contribution in [0.4, 0.5) is 17.1 Å². The molecule has 1 fully saturated rings. The molecule has 3 aromatic rings. The molecule has 0 bridgehead atoms. The number of nitrogens with one attached hydrogen (secondary N) is 2. The highest BCUT2D eigenvalue weighted by Gasteiger charge is 2.24. The van der Waals surface area contributed by atoms with Crippen LogP contribution in [0.25, 0.3) is 6.08 Å². The second kappa shape index (κ2) is 10.5. The van der Waals surface area contributed by atoms with Crippen molar-refractivity contribution in [2.45, 2.75) is 24.2 Å². The van der Waals surface area contributed by atoms with Crippen molar-refractivity contribution in [1.29, 1.82) is 0 Å². The van der Waals surface area contributed by atoms with E-state index in [0.717, 1.165) is 32.4 Å². The first-order valence-corrected chi connectivity index (χ1v) is 12.5. The van der Waals surface area contributed by atoms with Crippen molar-refractivity contribution in [2.24, 2.45) is 0 Å². The standard InChI is InChI=1S/C25H27N3O5S/c1-32-21-10-7-19(8-11-21)27-34(30,31)24-18-20(9-13-23(24)28-15-3-2-4-16-28)26-25(29)14-12-22-6-5-17-33-22/h5-14,17-18,27H,2-4,15-16H2,1H3,(H,26,29). The van der Waals surface area contributed by atoms with E-state index in [-0.39, 0.29) is 4.90 Å². The number of ether oxygens (including phenoxy) is 1. The fourth-order valence-corrected chi connectivity index (χ4v) is 5.11. The first kappa shape index (κ1) is 23.4. The largest absolute Gasteiger partial charge is 0.497 e. The summed E-state index contributed by atoms with van der Waals surface area (Å²) in [5.74, 6) is 0.778. The van der Waals surface area contributed by atoms with Gasteiger partial charge in [-0.3, -0.25) is 9.52 Å². The third-order valence-electron chi connectivity index (χ3n) is 5.50. The number of amides is 1. The molecule has 9 heteroatoms. The van der Waals surface area contributed by atoms with Crippen molar-refractivity contribution in [3.05, 3.63) is 72.7 Å². The summed E-state index contributed by atoms with van der Waals surface area (Å²) < 4.78 is 39.8. The van der Waals surface area contributed by atoms with Gasteiger partial charge in [0.05, 0.1) is 19.1 Å². The molecule has 2 aromatic carbocycles. The molecule has 0 aliphatic carbocycles. The molecule has 178 valence electrons. The van der Waals surface area contributed by atoms with E-state index in [2.05, 4.69) is 14.9 Å². The maximum atomic E-state index is 13.4. The number of carbonyl (C=O) groups excluding carboxylic acids is 1. The molecule has 8 nitrogen and oxygen atoms in total. The van der Waals surface area contributed by atoms with Gasteiger partial charge < -0.3 is 19.4 Å². The Bertz CT molecular complexity index is 1250. The molecule has 0 spiro atoms. The summed E-state index contributed by atoms with van der Waals surface area (Å²) in [4.78, 5) is 14.6. The molecule has 1 aliphatic rings. The first-order chi connectivity index (χ1) is 16.4. The van der Waals surface area contributed by atoms with E-state index in [4.69, 9.17) is 9.15 Å². The van der Waals surface area contributed by atoms with Gasteiger partial charge in [-0.1, -0.05) is 0 Å². The maximum absolute atomic E-state index is 13.4. The molecule has 2 N–H and O–H groups in total. The Balaban J connectivity index is 1.62. The molecule has 0 unspecified atom stereocenters. The van der Waals surface area contributed by atoms with Crippen LogP contribution in [0.1, 0.15) is 25.0 Å². The van der Waals surface area contributed by atoms with Gasteiger partial charge in [-0.2, -0.15) is 0 Å². The van der Waals surface area contributed by atoms with Gasteiger partial charge in [0.1, 0.15) is 16.4 Å². The zero-order chi connectivity index (χ0) is 24.0. The third kappa shape index (κ3) is 5.79. The number of furan rings is 1. The highest BCUT2D eigenvalue weighted by molar-refractivity contribution is 7.92. The molecule has 2 heterocycles. The minimum atomic E-state index is -3.94. The smallest absolute Gasteiger partial charge is 0.264 e. The van der Waals surface area contributed by atoms with Gasteiger partial charge in [0, 0.05) is 30.5 Å². The van der Waals surface area contributed by atoms with E-state index in [1.807, 2.05) is 0 Å². The van der Waals surface area contributed by atoms with Crippen LogP contribution in [0.15, 0.2) is 76.2 Å². The lowest BCUT2D eigenvalue weighted by atomic mass is 10.1. The van der Waals surface area contributed by atoms with E-state index in [1.54, 1.807) is 61.7 Å². The van der Waals surface area contributed by atoms with Crippen molar-refractivity contribution in [1.82, 2.24) is 0 Å². The quantitative estimate of drug-likeness (QED) is 0.451. The first-order valence-electron chi connectivity index (χ1n) is 11.0. The molecule has 4 rings (SSSR count). The Morgan fingerprint density at radius 1 is 1.03 bits per heavy atom. The van der Waals surface area contributed by atoms with Crippen LogP contribution < -0.4 is 19.7 Å². The molecule has 0 radical (unpaired) electrons. The number of hydrogen-bond donors (Lipinski definition) is 2. The summed E-state index contributed by atoms with van der Waals surface area (Å²) >= 11 is 0. The Hall–Kier alpha value is -3.72. The number of nitrogens with zero attached hydrogens (tertiary/aromatic N) is 1.